The van der Waals surface area contributed by atoms with Crippen LogP contribution in [-0.2, 0) is 25.6 Å². The minimum Gasteiger partial charge on any atom is -0.464 e. The SMILES string of the molecule is CC(C)(C)OC(=O)NC(CNC(=O)OCc1ccccc1)C(=O)OCC[Si](C)(C)C. The van der Waals surface area contributed by atoms with E-state index >= 15 is 0 Å². The van der Waals surface area contributed by atoms with E-state index in [-0.39, 0.29) is 19.8 Å². The van der Waals surface area contributed by atoms with Gasteiger partial charge in [0.15, 0.2) is 0 Å². The van der Waals surface area contributed by atoms with Crippen LogP contribution in [0.5, 0.6) is 0 Å². The van der Waals surface area contributed by atoms with E-state index in [2.05, 4.69) is 30.3 Å². The Balaban J connectivity index is 2.61. The Morgan fingerprint density at radius 1 is 1.00 bits per heavy atom. The summed E-state index contributed by atoms with van der Waals surface area (Å²) in [7, 11) is -1.38. The normalized spacial score (nSPS) is 12.5. The van der Waals surface area contributed by atoms with Gasteiger partial charge < -0.3 is 24.8 Å². The topological polar surface area (TPSA) is 103 Å². The molecular weight excluding hydrogens is 404 g/mol. The van der Waals surface area contributed by atoms with Gasteiger partial charge in [-0.05, 0) is 32.4 Å². The highest BCUT2D eigenvalue weighted by molar-refractivity contribution is 6.76. The van der Waals surface area contributed by atoms with Crippen LogP contribution in [0.3, 0.4) is 0 Å². The second-order valence-electron chi connectivity index (χ2n) is 9.12. The predicted octanol–water partition coefficient (Wildman–Crippen LogP) is 3.69. The van der Waals surface area contributed by atoms with Crippen molar-refractivity contribution in [3.63, 3.8) is 0 Å². The summed E-state index contributed by atoms with van der Waals surface area (Å²) in [4.78, 5) is 36.5. The number of esters is 1. The van der Waals surface area contributed by atoms with Crippen LogP contribution in [0, 0.1) is 0 Å². The molecule has 0 aliphatic heterocycles. The maximum atomic E-state index is 12.5. The second kappa shape index (κ2) is 11.6. The van der Waals surface area contributed by atoms with Crippen molar-refractivity contribution in [2.75, 3.05) is 13.2 Å². The average molecular weight is 439 g/mol. The van der Waals surface area contributed by atoms with Crippen LogP contribution in [0.2, 0.25) is 25.7 Å². The molecule has 0 aromatic heterocycles. The lowest BCUT2D eigenvalue weighted by atomic mass is 10.2. The van der Waals surface area contributed by atoms with Crippen LogP contribution in [0.1, 0.15) is 26.3 Å². The number of ether oxygens (including phenoxy) is 3. The average Bonchev–Trinajstić information content (AvgIpc) is 2.61. The highest BCUT2D eigenvalue weighted by Crippen LogP contribution is 2.09. The molecule has 0 aliphatic carbocycles. The maximum absolute atomic E-state index is 12.5. The molecule has 0 saturated carbocycles. The van der Waals surface area contributed by atoms with Crippen LogP contribution in [0.4, 0.5) is 9.59 Å². The number of benzene rings is 1. The van der Waals surface area contributed by atoms with Crippen molar-refractivity contribution in [1.29, 1.82) is 0 Å². The van der Waals surface area contributed by atoms with Crippen molar-refractivity contribution < 1.29 is 28.6 Å². The van der Waals surface area contributed by atoms with Crippen molar-refractivity contribution in [1.82, 2.24) is 10.6 Å². The van der Waals surface area contributed by atoms with E-state index in [4.69, 9.17) is 14.2 Å². The number of carbonyl (C=O) groups excluding carboxylic acids is 3. The molecule has 1 atom stereocenters. The molecule has 1 aromatic carbocycles. The quantitative estimate of drug-likeness (QED) is 0.346. The number of amides is 2. The Labute approximate surface area is 179 Å². The van der Waals surface area contributed by atoms with E-state index in [9.17, 15) is 14.4 Å². The molecule has 0 aliphatic rings. The van der Waals surface area contributed by atoms with Crippen molar-refractivity contribution in [3.8, 4) is 0 Å². The number of hydrogen-bond donors (Lipinski definition) is 2. The van der Waals surface area contributed by atoms with Gasteiger partial charge in [-0.3, -0.25) is 0 Å². The summed E-state index contributed by atoms with van der Waals surface area (Å²) in [6.07, 6.45) is -1.47. The number of hydrogen-bond acceptors (Lipinski definition) is 6. The Bertz CT molecular complexity index is 698. The van der Waals surface area contributed by atoms with Gasteiger partial charge in [-0.15, -0.1) is 0 Å². The molecule has 0 saturated heterocycles. The Morgan fingerprint density at radius 2 is 1.63 bits per heavy atom. The van der Waals surface area contributed by atoms with Gasteiger partial charge in [-0.2, -0.15) is 0 Å². The second-order valence-corrected chi connectivity index (χ2v) is 14.7. The van der Waals surface area contributed by atoms with Crippen LogP contribution < -0.4 is 10.6 Å². The maximum Gasteiger partial charge on any atom is 0.408 e. The van der Waals surface area contributed by atoms with Gasteiger partial charge >= 0.3 is 18.2 Å². The molecule has 168 valence electrons. The third-order valence-electron chi connectivity index (χ3n) is 3.74. The molecule has 0 bridgehead atoms. The van der Waals surface area contributed by atoms with E-state index in [1.807, 2.05) is 30.3 Å². The minimum atomic E-state index is -1.38. The standard InChI is InChI=1S/C21H34N2O6Si/c1-21(2,3)29-20(26)23-17(18(24)27-12-13-30(4,5)6)14-22-19(25)28-15-16-10-8-7-9-11-16/h7-11,17H,12-15H2,1-6H3,(H,22,25)(H,23,26). The zero-order valence-electron chi connectivity index (χ0n) is 18.7. The van der Waals surface area contributed by atoms with E-state index < -0.39 is 37.9 Å². The lowest BCUT2D eigenvalue weighted by molar-refractivity contribution is -0.145. The van der Waals surface area contributed by atoms with Crippen molar-refractivity contribution in [2.45, 2.75) is 64.7 Å². The summed E-state index contributed by atoms with van der Waals surface area (Å²) in [5.41, 5.74) is 0.111. The van der Waals surface area contributed by atoms with Gasteiger partial charge in [0.25, 0.3) is 0 Å². The molecule has 1 aromatic rings. The molecule has 8 nitrogen and oxygen atoms in total. The molecule has 0 fully saturated rings. The van der Waals surface area contributed by atoms with Crippen LogP contribution in [-0.4, -0.2) is 51.0 Å². The number of alkyl carbamates (subject to hydrolysis) is 2. The molecule has 0 spiro atoms. The first-order valence-electron chi connectivity index (χ1n) is 9.96. The van der Waals surface area contributed by atoms with Crippen LogP contribution >= 0.6 is 0 Å². The summed E-state index contributed by atoms with van der Waals surface area (Å²) in [6, 6.07) is 8.91. The fourth-order valence-electron chi connectivity index (χ4n) is 2.16. The highest BCUT2D eigenvalue weighted by Gasteiger charge is 2.27. The molecule has 1 rings (SSSR count). The molecular formula is C21H34N2O6Si. The van der Waals surface area contributed by atoms with Crippen molar-refractivity contribution >= 4 is 26.2 Å². The minimum absolute atomic E-state index is 0.0947. The molecule has 30 heavy (non-hydrogen) atoms. The van der Waals surface area contributed by atoms with Gasteiger partial charge in [0, 0.05) is 8.07 Å². The van der Waals surface area contributed by atoms with Crippen molar-refractivity contribution in [3.05, 3.63) is 35.9 Å². The fraction of sp³-hybridized carbons (Fsp3) is 0.571. The monoisotopic (exact) mass is 438 g/mol. The van der Waals surface area contributed by atoms with Gasteiger partial charge in [0.1, 0.15) is 18.2 Å². The van der Waals surface area contributed by atoms with Gasteiger partial charge in [0.2, 0.25) is 0 Å². The zero-order chi connectivity index (χ0) is 22.8. The largest absolute Gasteiger partial charge is 0.464 e. The first-order chi connectivity index (χ1) is 13.9. The summed E-state index contributed by atoms with van der Waals surface area (Å²) in [5, 5.41) is 4.94. The lowest BCUT2D eigenvalue weighted by Gasteiger charge is -2.23. The fourth-order valence-corrected chi connectivity index (χ4v) is 2.88. The van der Waals surface area contributed by atoms with Crippen LogP contribution in [0.15, 0.2) is 30.3 Å². The number of rotatable bonds is 9. The van der Waals surface area contributed by atoms with E-state index in [1.165, 1.54) is 0 Å². The first-order valence-corrected chi connectivity index (χ1v) is 13.7. The molecule has 9 heteroatoms. The molecule has 2 N–H and O–H groups in total. The summed E-state index contributed by atoms with van der Waals surface area (Å²) >= 11 is 0. The summed E-state index contributed by atoms with van der Waals surface area (Å²) < 4.78 is 15.6. The molecule has 0 radical (unpaired) electrons. The van der Waals surface area contributed by atoms with E-state index in [0.29, 0.717) is 0 Å². The Hall–Kier alpha value is -2.55. The molecule has 1 unspecified atom stereocenters. The molecule has 2 amide bonds. The smallest absolute Gasteiger partial charge is 0.408 e. The third kappa shape index (κ3) is 12.1. The highest BCUT2D eigenvalue weighted by atomic mass is 28.3. The van der Waals surface area contributed by atoms with Crippen molar-refractivity contribution in [2.24, 2.45) is 0 Å². The Morgan fingerprint density at radius 3 is 2.20 bits per heavy atom. The predicted molar refractivity (Wildman–Crippen MR) is 117 cm³/mol. The van der Waals surface area contributed by atoms with Gasteiger partial charge in [0.05, 0.1) is 13.2 Å². The summed E-state index contributed by atoms with van der Waals surface area (Å²) in [5.74, 6) is -0.637. The van der Waals surface area contributed by atoms with Gasteiger partial charge in [-0.25, -0.2) is 14.4 Å². The Kier molecular flexibility index (Phi) is 9.84. The van der Waals surface area contributed by atoms with E-state index in [1.54, 1.807) is 20.8 Å². The zero-order valence-corrected chi connectivity index (χ0v) is 19.7. The lowest BCUT2D eigenvalue weighted by Crippen LogP contribution is -2.50. The third-order valence-corrected chi connectivity index (χ3v) is 5.44. The van der Waals surface area contributed by atoms with Crippen LogP contribution in [0.25, 0.3) is 0 Å². The summed E-state index contributed by atoms with van der Waals surface area (Å²) in [6.45, 7) is 11.8. The number of carbonyl (C=O) groups is 3. The van der Waals surface area contributed by atoms with E-state index in [0.717, 1.165) is 11.6 Å². The first kappa shape index (κ1) is 25.5. The number of nitrogens with one attached hydrogen (secondary N) is 2. The molecule has 0 heterocycles. The van der Waals surface area contributed by atoms with Gasteiger partial charge in [-0.1, -0.05) is 50.0 Å².